The van der Waals surface area contributed by atoms with Crippen molar-refractivity contribution < 1.29 is 18.0 Å². The first-order valence-corrected chi connectivity index (χ1v) is 6.06. The zero-order valence-electron chi connectivity index (χ0n) is 11.1. The molecule has 0 aliphatic carbocycles. The first-order chi connectivity index (χ1) is 8.85. The van der Waals surface area contributed by atoms with E-state index >= 15 is 0 Å². The van der Waals surface area contributed by atoms with E-state index in [1.165, 1.54) is 0 Å². The third-order valence-electron chi connectivity index (χ3n) is 2.76. The van der Waals surface area contributed by atoms with Crippen molar-refractivity contribution in [2.24, 2.45) is 0 Å². The van der Waals surface area contributed by atoms with E-state index in [4.69, 9.17) is 0 Å². The fraction of sp³-hybridized carbons (Fsp3) is 0.462. The molecule has 106 valence electrons. The summed E-state index contributed by atoms with van der Waals surface area (Å²) in [6.45, 7) is 5.33. The van der Waals surface area contributed by atoms with Crippen molar-refractivity contribution in [3.05, 3.63) is 29.6 Å². The minimum absolute atomic E-state index is 0.0124. The largest absolute Gasteiger partial charge is 0.374 e. The van der Waals surface area contributed by atoms with Crippen molar-refractivity contribution >= 4 is 11.6 Å². The zero-order chi connectivity index (χ0) is 14.6. The summed E-state index contributed by atoms with van der Waals surface area (Å²) in [6.07, 6.45) is 0.776. The Balaban J connectivity index is 2.71. The first-order valence-electron chi connectivity index (χ1n) is 6.06. The maximum Gasteiger partial charge on any atom is 0.242 e. The molecule has 1 amide bonds. The number of amides is 1. The zero-order valence-corrected chi connectivity index (χ0v) is 11.1. The molecule has 0 saturated carbocycles. The fourth-order valence-electron chi connectivity index (χ4n) is 1.42. The lowest BCUT2D eigenvalue weighted by Crippen LogP contribution is -2.41. The molecule has 1 aromatic carbocycles. The van der Waals surface area contributed by atoms with Crippen LogP contribution in [0.2, 0.25) is 0 Å². The second kappa shape index (κ2) is 6.45. The van der Waals surface area contributed by atoms with E-state index in [9.17, 15) is 18.0 Å². The molecule has 0 aliphatic rings. The highest BCUT2D eigenvalue weighted by molar-refractivity contribution is 5.84. The van der Waals surface area contributed by atoms with E-state index in [1.54, 1.807) is 6.92 Å². The highest BCUT2D eigenvalue weighted by Crippen LogP contribution is 2.18. The Hall–Kier alpha value is -1.72. The molecular formula is C13H17F3N2O. The van der Waals surface area contributed by atoms with E-state index in [-0.39, 0.29) is 17.6 Å². The van der Waals surface area contributed by atoms with Crippen LogP contribution in [0.1, 0.15) is 27.2 Å². The number of benzene rings is 1. The number of halogens is 3. The van der Waals surface area contributed by atoms with Crippen molar-refractivity contribution in [3.8, 4) is 0 Å². The van der Waals surface area contributed by atoms with E-state index in [0.29, 0.717) is 0 Å². The van der Waals surface area contributed by atoms with Crippen LogP contribution in [-0.2, 0) is 4.79 Å². The van der Waals surface area contributed by atoms with Gasteiger partial charge in [-0.15, -0.1) is 0 Å². The first kappa shape index (κ1) is 15.3. The van der Waals surface area contributed by atoms with Crippen molar-refractivity contribution in [1.82, 2.24) is 5.32 Å². The summed E-state index contributed by atoms with van der Waals surface area (Å²) in [6, 6.07) is 0.952. The Morgan fingerprint density at radius 1 is 1.21 bits per heavy atom. The van der Waals surface area contributed by atoms with Crippen LogP contribution in [0, 0.1) is 17.5 Å². The van der Waals surface area contributed by atoms with Crippen LogP contribution in [0.3, 0.4) is 0 Å². The fourth-order valence-corrected chi connectivity index (χ4v) is 1.42. The molecule has 0 spiro atoms. The second-order valence-electron chi connectivity index (χ2n) is 4.44. The topological polar surface area (TPSA) is 41.1 Å². The summed E-state index contributed by atoms with van der Waals surface area (Å²) in [5.74, 6) is -4.41. The summed E-state index contributed by atoms with van der Waals surface area (Å²) in [5.41, 5.74) is 0.0169. The van der Waals surface area contributed by atoms with Gasteiger partial charge in [-0.05, 0) is 20.3 Å². The second-order valence-corrected chi connectivity index (χ2v) is 4.44. The monoisotopic (exact) mass is 274 g/mol. The molecule has 2 atom stereocenters. The van der Waals surface area contributed by atoms with Gasteiger partial charge in [0, 0.05) is 23.9 Å². The number of hydrogen-bond donors (Lipinski definition) is 2. The molecule has 0 aliphatic heterocycles. The molecule has 2 unspecified atom stereocenters. The quantitative estimate of drug-likeness (QED) is 0.811. The SMILES string of the molecule is CCC(C)NC(=O)C(C)Nc1cc(F)c(F)c(F)c1. The van der Waals surface area contributed by atoms with Gasteiger partial charge in [0.1, 0.15) is 6.04 Å². The molecule has 0 fully saturated rings. The standard InChI is InChI=1S/C13H17F3N2O/c1-4-7(2)17-13(19)8(3)18-9-5-10(14)12(16)11(15)6-9/h5-8,18H,4H2,1-3H3,(H,17,19). The molecule has 0 bridgehead atoms. The minimum Gasteiger partial charge on any atom is -0.374 e. The molecule has 2 N–H and O–H groups in total. The summed E-state index contributed by atoms with van der Waals surface area (Å²) >= 11 is 0. The highest BCUT2D eigenvalue weighted by Gasteiger charge is 2.16. The van der Waals surface area contributed by atoms with Gasteiger partial charge in [-0.25, -0.2) is 13.2 Å². The predicted molar refractivity (Wildman–Crippen MR) is 67.3 cm³/mol. The van der Waals surface area contributed by atoms with Gasteiger partial charge in [-0.2, -0.15) is 0 Å². The predicted octanol–water partition coefficient (Wildman–Crippen LogP) is 2.82. The molecule has 0 saturated heterocycles. The van der Waals surface area contributed by atoms with Crippen LogP contribution in [0.25, 0.3) is 0 Å². The van der Waals surface area contributed by atoms with Crippen LogP contribution in [0.15, 0.2) is 12.1 Å². The molecule has 6 heteroatoms. The molecule has 19 heavy (non-hydrogen) atoms. The number of hydrogen-bond acceptors (Lipinski definition) is 2. The number of nitrogens with one attached hydrogen (secondary N) is 2. The maximum atomic E-state index is 13.0. The number of carbonyl (C=O) groups excluding carboxylic acids is 1. The van der Waals surface area contributed by atoms with Gasteiger partial charge in [0.05, 0.1) is 0 Å². The smallest absolute Gasteiger partial charge is 0.242 e. The lowest BCUT2D eigenvalue weighted by Gasteiger charge is -2.18. The molecule has 1 aromatic rings. The lowest BCUT2D eigenvalue weighted by atomic mass is 10.2. The van der Waals surface area contributed by atoms with Gasteiger partial charge in [0.2, 0.25) is 5.91 Å². The third kappa shape index (κ3) is 4.15. The summed E-state index contributed by atoms with van der Waals surface area (Å²) in [4.78, 5) is 11.7. The Morgan fingerprint density at radius 2 is 1.74 bits per heavy atom. The van der Waals surface area contributed by atoms with Crippen LogP contribution in [0.4, 0.5) is 18.9 Å². The number of rotatable bonds is 5. The highest BCUT2D eigenvalue weighted by atomic mass is 19.2. The van der Waals surface area contributed by atoms with Gasteiger partial charge < -0.3 is 10.6 Å². The van der Waals surface area contributed by atoms with E-state index in [0.717, 1.165) is 18.6 Å². The number of carbonyl (C=O) groups is 1. The maximum absolute atomic E-state index is 13.0. The third-order valence-corrected chi connectivity index (χ3v) is 2.76. The molecular weight excluding hydrogens is 257 g/mol. The van der Waals surface area contributed by atoms with Gasteiger partial charge in [0.25, 0.3) is 0 Å². The summed E-state index contributed by atoms with van der Waals surface area (Å²) < 4.78 is 38.8. The van der Waals surface area contributed by atoms with Crippen molar-refractivity contribution in [1.29, 1.82) is 0 Å². The molecule has 0 radical (unpaired) electrons. The Morgan fingerprint density at radius 3 is 2.21 bits per heavy atom. The van der Waals surface area contributed by atoms with Crippen molar-refractivity contribution in [2.45, 2.75) is 39.3 Å². The Bertz CT molecular complexity index is 442. The molecule has 0 heterocycles. The summed E-state index contributed by atoms with van der Waals surface area (Å²) in [5, 5.41) is 5.35. The van der Waals surface area contributed by atoms with Gasteiger partial charge in [-0.3, -0.25) is 4.79 Å². The Kier molecular flexibility index (Phi) is 5.20. The minimum atomic E-state index is -1.53. The van der Waals surface area contributed by atoms with Crippen molar-refractivity contribution in [3.63, 3.8) is 0 Å². The van der Waals surface area contributed by atoms with Gasteiger partial charge in [-0.1, -0.05) is 6.92 Å². The van der Waals surface area contributed by atoms with Crippen molar-refractivity contribution in [2.75, 3.05) is 5.32 Å². The van der Waals surface area contributed by atoms with Crippen LogP contribution >= 0.6 is 0 Å². The van der Waals surface area contributed by atoms with Gasteiger partial charge >= 0.3 is 0 Å². The van der Waals surface area contributed by atoms with Crippen LogP contribution in [-0.4, -0.2) is 18.0 Å². The number of anilines is 1. The Labute approximate surface area is 110 Å². The van der Waals surface area contributed by atoms with Gasteiger partial charge in [0.15, 0.2) is 17.5 Å². The lowest BCUT2D eigenvalue weighted by molar-refractivity contribution is -0.122. The molecule has 3 nitrogen and oxygen atoms in total. The normalized spacial score (nSPS) is 13.8. The molecule has 1 rings (SSSR count). The summed E-state index contributed by atoms with van der Waals surface area (Å²) in [7, 11) is 0. The van der Waals surface area contributed by atoms with Crippen LogP contribution < -0.4 is 10.6 Å². The average Bonchev–Trinajstić information content (AvgIpc) is 2.35. The van der Waals surface area contributed by atoms with E-state index in [2.05, 4.69) is 10.6 Å². The van der Waals surface area contributed by atoms with Crippen LogP contribution in [0.5, 0.6) is 0 Å². The van der Waals surface area contributed by atoms with E-state index < -0.39 is 23.5 Å². The molecule has 0 aromatic heterocycles. The average molecular weight is 274 g/mol. The van der Waals surface area contributed by atoms with E-state index in [1.807, 2.05) is 13.8 Å².